The number of hydrogen-bond donors (Lipinski definition) is 1. The lowest BCUT2D eigenvalue weighted by atomic mass is 10.1. The quantitative estimate of drug-likeness (QED) is 0.845. The van der Waals surface area contributed by atoms with Crippen LogP contribution in [0.2, 0.25) is 0 Å². The van der Waals surface area contributed by atoms with Crippen LogP contribution in [0.1, 0.15) is 25.3 Å². The normalized spacial score (nSPS) is 10.9. The lowest BCUT2D eigenvalue weighted by Gasteiger charge is -2.11. The zero-order chi connectivity index (χ0) is 11.5. The van der Waals surface area contributed by atoms with E-state index in [4.69, 9.17) is 5.73 Å². The van der Waals surface area contributed by atoms with Crippen LogP contribution in [0.4, 0.5) is 5.82 Å². The lowest BCUT2D eigenvalue weighted by molar-refractivity contribution is 0.808. The van der Waals surface area contributed by atoms with E-state index < -0.39 is 0 Å². The van der Waals surface area contributed by atoms with Crippen molar-refractivity contribution in [2.75, 3.05) is 5.73 Å². The van der Waals surface area contributed by atoms with Crippen molar-refractivity contribution in [1.29, 1.82) is 0 Å². The van der Waals surface area contributed by atoms with Crippen molar-refractivity contribution in [1.82, 2.24) is 19.3 Å². The first-order valence-electron chi connectivity index (χ1n) is 4.73. The standard InChI is InChI=1S/C9H11N5S2/c1-5(2)6-7(10)11-3-12-8(6)15-9-13-4-14-16-9/h3-5H,1-2H3,(H2,10,11,12). The number of aromatic nitrogens is 4. The fraction of sp³-hybridized carbons (Fsp3) is 0.333. The van der Waals surface area contributed by atoms with Crippen LogP contribution in [0.5, 0.6) is 0 Å². The summed E-state index contributed by atoms with van der Waals surface area (Å²) in [5.74, 6) is 0.827. The van der Waals surface area contributed by atoms with Crippen molar-refractivity contribution in [3.05, 3.63) is 18.2 Å². The first-order valence-corrected chi connectivity index (χ1v) is 6.32. The van der Waals surface area contributed by atoms with Gasteiger partial charge >= 0.3 is 0 Å². The van der Waals surface area contributed by atoms with Gasteiger partial charge in [0.05, 0.1) is 0 Å². The first kappa shape index (κ1) is 11.3. The van der Waals surface area contributed by atoms with Crippen LogP contribution in [-0.2, 0) is 0 Å². The maximum Gasteiger partial charge on any atom is 0.176 e. The molecule has 0 aliphatic heterocycles. The summed E-state index contributed by atoms with van der Waals surface area (Å²) in [7, 11) is 0. The maximum absolute atomic E-state index is 5.85. The van der Waals surface area contributed by atoms with Gasteiger partial charge in [0.2, 0.25) is 0 Å². The van der Waals surface area contributed by atoms with Gasteiger partial charge in [-0.3, -0.25) is 0 Å². The van der Waals surface area contributed by atoms with Crippen LogP contribution in [0, 0.1) is 0 Å². The third-order valence-corrected chi connectivity index (χ3v) is 3.71. The number of nitrogen functional groups attached to an aromatic ring is 1. The van der Waals surface area contributed by atoms with E-state index in [1.54, 1.807) is 0 Å². The number of rotatable bonds is 3. The van der Waals surface area contributed by atoms with Gasteiger partial charge in [0, 0.05) is 5.56 Å². The minimum Gasteiger partial charge on any atom is -0.383 e. The fourth-order valence-electron chi connectivity index (χ4n) is 1.31. The molecule has 0 saturated heterocycles. The molecule has 5 nitrogen and oxygen atoms in total. The molecule has 0 amide bonds. The Morgan fingerprint density at radius 3 is 2.69 bits per heavy atom. The second-order valence-electron chi connectivity index (χ2n) is 3.44. The molecule has 0 saturated carbocycles. The molecule has 0 spiro atoms. The molecule has 2 N–H and O–H groups in total. The molecule has 2 rings (SSSR count). The molecular formula is C9H11N5S2. The molecule has 2 aromatic heterocycles. The maximum atomic E-state index is 5.85. The first-order chi connectivity index (χ1) is 7.68. The summed E-state index contributed by atoms with van der Waals surface area (Å²) in [6, 6.07) is 0. The summed E-state index contributed by atoms with van der Waals surface area (Å²) >= 11 is 2.82. The highest BCUT2D eigenvalue weighted by molar-refractivity contribution is 8.00. The van der Waals surface area contributed by atoms with Crippen LogP contribution in [0.3, 0.4) is 0 Å². The van der Waals surface area contributed by atoms with Gasteiger partial charge < -0.3 is 5.73 Å². The third-order valence-electron chi connectivity index (χ3n) is 1.98. The van der Waals surface area contributed by atoms with Gasteiger partial charge in [-0.15, -0.1) is 0 Å². The fourth-order valence-corrected chi connectivity index (χ4v) is 2.92. The Kier molecular flexibility index (Phi) is 3.35. The Morgan fingerprint density at radius 1 is 1.25 bits per heavy atom. The van der Waals surface area contributed by atoms with E-state index in [1.165, 1.54) is 35.9 Å². The van der Waals surface area contributed by atoms with Crippen molar-refractivity contribution in [3.8, 4) is 0 Å². The summed E-state index contributed by atoms with van der Waals surface area (Å²) in [5.41, 5.74) is 6.83. The SMILES string of the molecule is CC(C)c1c(N)ncnc1Sc1ncns1. The number of hydrogen-bond acceptors (Lipinski definition) is 7. The highest BCUT2D eigenvalue weighted by Gasteiger charge is 2.14. The van der Waals surface area contributed by atoms with E-state index in [9.17, 15) is 0 Å². The van der Waals surface area contributed by atoms with E-state index in [2.05, 4.69) is 33.2 Å². The van der Waals surface area contributed by atoms with E-state index in [1.807, 2.05) is 0 Å². The topological polar surface area (TPSA) is 77.6 Å². The molecular weight excluding hydrogens is 242 g/mol. The monoisotopic (exact) mass is 253 g/mol. The van der Waals surface area contributed by atoms with E-state index in [0.717, 1.165) is 14.9 Å². The predicted octanol–water partition coefficient (Wildman–Crippen LogP) is 2.18. The summed E-state index contributed by atoms with van der Waals surface area (Å²) in [5, 5.41) is 0.860. The molecule has 0 atom stereocenters. The summed E-state index contributed by atoms with van der Waals surface area (Å²) < 4.78 is 4.81. The van der Waals surface area contributed by atoms with Gasteiger partial charge in [-0.05, 0) is 29.2 Å². The zero-order valence-corrected chi connectivity index (χ0v) is 10.5. The number of nitrogens with zero attached hydrogens (tertiary/aromatic N) is 4. The molecule has 2 heterocycles. The Morgan fingerprint density at radius 2 is 2.06 bits per heavy atom. The molecule has 0 bridgehead atoms. The molecule has 2 aromatic rings. The van der Waals surface area contributed by atoms with Crippen molar-refractivity contribution in [2.24, 2.45) is 0 Å². The molecule has 0 aliphatic carbocycles. The van der Waals surface area contributed by atoms with Crippen molar-refractivity contribution >= 4 is 29.1 Å². The van der Waals surface area contributed by atoms with Crippen LogP contribution in [0.25, 0.3) is 0 Å². The molecule has 0 radical (unpaired) electrons. The Balaban J connectivity index is 2.37. The van der Waals surface area contributed by atoms with Crippen LogP contribution in [0.15, 0.2) is 22.0 Å². The minimum atomic E-state index is 0.289. The average Bonchev–Trinajstić information content (AvgIpc) is 2.70. The van der Waals surface area contributed by atoms with Gasteiger partial charge in [-0.2, -0.15) is 4.37 Å². The molecule has 0 aliphatic rings. The average molecular weight is 253 g/mol. The van der Waals surface area contributed by atoms with Crippen molar-refractivity contribution in [3.63, 3.8) is 0 Å². The minimum absolute atomic E-state index is 0.289. The molecule has 0 unspecified atom stereocenters. The molecule has 7 heteroatoms. The summed E-state index contributed by atoms with van der Waals surface area (Å²) in [6.07, 6.45) is 3.01. The van der Waals surface area contributed by atoms with Crippen LogP contribution >= 0.6 is 23.3 Å². The van der Waals surface area contributed by atoms with Crippen LogP contribution in [-0.4, -0.2) is 19.3 Å². The summed E-state index contributed by atoms with van der Waals surface area (Å²) in [6.45, 7) is 4.14. The Labute approximate surface area is 102 Å². The highest BCUT2D eigenvalue weighted by Crippen LogP contribution is 2.34. The molecule has 16 heavy (non-hydrogen) atoms. The smallest absolute Gasteiger partial charge is 0.176 e. The van der Waals surface area contributed by atoms with Crippen molar-refractivity contribution in [2.45, 2.75) is 29.1 Å². The molecule has 0 aromatic carbocycles. The lowest BCUT2D eigenvalue weighted by Crippen LogP contribution is -2.03. The van der Waals surface area contributed by atoms with E-state index >= 15 is 0 Å². The predicted molar refractivity (Wildman–Crippen MR) is 64.6 cm³/mol. The van der Waals surface area contributed by atoms with Gasteiger partial charge in [0.1, 0.15) is 23.5 Å². The second kappa shape index (κ2) is 4.75. The number of anilines is 1. The number of nitrogens with two attached hydrogens (primary N) is 1. The molecule has 84 valence electrons. The van der Waals surface area contributed by atoms with Crippen LogP contribution < -0.4 is 5.73 Å². The Hall–Kier alpha value is -1.21. The summed E-state index contributed by atoms with van der Waals surface area (Å²) in [4.78, 5) is 12.4. The zero-order valence-electron chi connectivity index (χ0n) is 8.91. The highest BCUT2D eigenvalue weighted by atomic mass is 32.2. The van der Waals surface area contributed by atoms with Crippen molar-refractivity contribution < 1.29 is 0 Å². The van der Waals surface area contributed by atoms with Gasteiger partial charge in [-0.25, -0.2) is 15.0 Å². The third kappa shape index (κ3) is 2.30. The second-order valence-corrected chi connectivity index (χ2v) is 5.46. The van der Waals surface area contributed by atoms with Gasteiger partial charge in [0.15, 0.2) is 4.34 Å². The Bertz CT molecular complexity index is 469. The van der Waals surface area contributed by atoms with Gasteiger partial charge in [0.25, 0.3) is 0 Å². The van der Waals surface area contributed by atoms with Gasteiger partial charge in [-0.1, -0.05) is 13.8 Å². The van der Waals surface area contributed by atoms with E-state index in [-0.39, 0.29) is 5.92 Å². The molecule has 0 fully saturated rings. The van der Waals surface area contributed by atoms with E-state index in [0.29, 0.717) is 5.82 Å². The largest absolute Gasteiger partial charge is 0.383 e.